The third-order valence-corrected chi connectivity index (χ3v) is 2.30. The highest BCUT2D eigenvalue weighted by molar-refractivity contribution is 4.79. The fourth-order valence-corrected chi connectivity index (χ4v) is 1.50. The lowest BCUT2D eigenvalue weighted by molar-refractivity contribution is 0.140. The summed E-state index contributed by atoms with van der Waals surface area (Å²) >= 11 is 0. The molecule has 60 valence electrons. The van der Waals surface area contributed by atoms with Gasteiger partial charge in [0.2, 0.25) is 0 Å². The Morgan fingerprint density at radius 2 is 2.20 bits per heavy atom. The van der Waals surface area contributed by atoms with Gasteiger partial charge in [0.05, 0.1) is 0 Å². The Hall–Kier alpha value is -0.110. The summed E-state index contributed by atoms with van der Waals surface area (Å²) < 4.78 is 13.1. The van der Waals surface area contributed by atoms with Crippen LogP contribution in [0.3, 0.4) is 0 Å². The molecule has 1 N–H and O–H groups in total. The summed E-state index contributed by atoms with van der Waals surface area (Å²) in [6.07, 6.45) is 0.129. The van der Waals surface area contributed by atoms with E-state index in [-0.39, 0.29) is 5.92 Å². The molecule has 2 atom stereocenters. The molecule has 1 nitrogen and oxygen atoms in total. The van der Waals surface area contributed by atoms with Crippen LogP contribution in [0.15, 0.2) is 0 Å². The Morgan fingerprint density at radius 3 is 2.60 bits per heavy atom. The van der Waals surface area contributed by atoms with E-state index in [4.69, 9.17) is 0 Å². The normalized spacial score (nSPS) is 34.8. The zero-order valence-electron chi connectivity index (χ0n) is 6.73. The number of nitrogens with one attached hydrogen (secondary N) is 1. The summed E-state index contributed by atoms with van der Waals surface area (Å²) in [5, 5.41) is 3.21. The molecule has 2 unspecified atom stereocenters. The van der Waals surface area contributed by atoms with Gasteiger partial charge in [-0.15, -0.1) is 0 Å². The number of halogens is 1. The molecule has 1 fully saturated rings. The first-order valence-corrected chi connectivity index (χ1v) is 4.06. The van der Waals surface area contributed by atoms with Crippen LogP contribution in [0.1, 0.15) is 20.3 Å². The van der Waals surface area contributed by atoms with Crippen molar-refractivity contribution >= 4 is 0 Å². The van der Waals surface area contributed by atoms with Crippen LogP contribution in [0, 0.1) is 11.8 Å². The lowest BCUT2D eigenvalue weighted by Gasteiger charge is -2.29. The summed E-state index contributed by atoms with van der Waals surface area (Å²) in [5.41, 5.74) is 0. The van der Waals surface area contributed by atoms with Crippen LogP contribution in [-0.4, -0.2) is 19.3 Å². The van der Waals surface area contributed by atoms with Crippen molar-refractivity contribution in [1.29, 1.82) is 0 Å². The van der Waals surface area contributed by atoms with Crippen LogP contribution < -0.4 is 5.32 Å². The molecule has 1 rings (SSSR count). The van der Waals surface area contributed by atoms with E-state index in [2.05, 4.69) is 19.2 Å². The van der Waals surface area contributed by atoms with Gasteiger partial charge in [0.1, 0.15) is 6.17 Å². The van der Waals surface area contributed by atoms with Gasteiger partial charge >= 0.3 is 0 Å². The third kappa shape index (κ3) is 1.69. The van der Waals surface area contributed by atoms with Crippen LogP contribution in [0.5, 0.6) is 0 Å². The van der Waals surface area contributed by atoms with Crippen LogP contribution in [0.4, 0.5) is 4.39 Å². The fraction of sp³-hybridized carbons (Fsp3) is 1.00. The molecule has 0 aromatic carbocycles. The van der Waals surface area contributed by atoms with Gasteiger partial charge in [-0.05, 0) is 18.9 Å². The average molecular weight is 145 g/mol. The molecular weight excluding hydrogens is 129 g/mol. The van der Waals surface area contributed by atoms with Crippen molar-refractivity contribution < 1.29 is 4.39 Å². The molecular formula is C8H16FN. The minimum absolute atomic E-state index is 0.244. The summed E-state index contributed by atoms with van der Waals surface area (Å²) in [5.74, 6) is 0.719. The smallest absolute Gasteiger partial charge is 0.106 e. The fourth-order valence-electron chi connectivity index (χ4n) is 1.50. The van der Waals surface area contributed by atoms with Crippen LogP contribution >= 0.6 is 0 Å². The lowest BCUT2D eigenvalue weighted by Crippen LogP contribution is -2.40. The second-order valence-electron chi connectivity index (χ2n) is 3.42. The molecule has 0 bridgehead atoms. The van der Waals surface area contributed by atoms with Gasteiger partial charge in [0.15, 0.2) is 0 Å². The Kier molecular flexibility index (Phi) is 2.66. The number of piperidine rings is 1. The second-order valence-corrected chi connectivity index (χ2v) is 3.42. The maximum Gasteiger partial charge on any atom is 0.106 e. The molecule has 1 saturated heterocycles. The topological polar surface area (TPSA) is 12.0 Å². The van der Waals surface area contributed by atoms with E-state index in [9.17, 15) is 4.39 Å². The Labute approximate surface area is 62.0 Å². The van der Waals surface area contributed by atoms with E-state index in [0.717, 1.165) is 13.1 Å². The largest absolute Gasteiger partial charge is 0.316 e. The van der Waals surface area contributed by atoms with E-state index in [1.807, 2.05) is 0 Å². The molecule has 0 aromatic heterocycles. The molecule has 0 aliphatic carbocycles. The van der Waals surface area contributed by atoms with E-state index in [1.54, 1.807) is 0 Å². The highest BCUT2D eigenvalue weighted by Crippen LogP contribution is 2.22. The molecule has 0 spiro atoms. The summed E-state index contributed by atoms with van der Waals surface area (Å²) in [7, 11) is 0. The van der Waals surface area contributed by atoms with E-state index >= 15 is 0 Å². The molecule has 10 heavy (non-hydrogen) atoms. The van der Waals surface area contributed by atoms with Gasteiger partial charge in [0.25, 0.3) is 0 Å². The predicted molar refractivity (Wildman–Crippen MR) is 40.7 cm³/mol. The van der Waals surface area contributed by atoms with Gasteiger partial charge < -0.3 is 5.32 Å². The van der Waals surface area contributed by atoms with Crippen molar-refractivity contribution in [3.8, 4) is 0 Å². The maximum atomic E-state index is 13.1. The molecule has 0 aromatic rings. The first-order valence-electron chi connectivity index (χ1n) is 4.06. The molecule has 0 radical (unpaired) electrons. The van der Waals surface area contributed by atoms with Crippen molar-refractivity contribution in [1.82, 2.24) is 5.32 Å². The Morgan fingerprint density at radius 1 is 1.50 bits per heavy atom. The van der Waals surface area contributed by atoms with Crippen LogP contribution in [-0.2, 0) is 0 Å². The van der Waals surface area contributed by atoms with Crippen molar-refractivity contribution in [2.45, 2.75) is 26.4 Å². The van der Waals surface area contributed by atoms with E-state index in [0.29, 0.717) is 12.3 Å². The summed E-state index contributed by atoms with van der Waals surface area (Å²) in [6.45, 7) is 5.89. The molecule has 1 heterocycles. The first kappa shape index (κ1) is 7.99. The van der Waals surface area contributed by atoms with Gasteiger partial charge in [-0.25, -0.2) is 4.39 Å². The quantitative estimate of drug-likeness (QED) is 0.591. The highest BCUT2D eigenvalue weighted by atomic mass is 19.1. The van der Waals surface area contributed by atoms with Crippen molar-refractivity contribution in [3.63, 3.8) is 0 Å². The average Bonchev–Trinajstić information content (AvgIpc) is 1.88. The number of rotatable bonds is 1. The SMILES string of the molecule is CC(C)C1CNCCC1F. The second kappa shape index (κ2) is 3.33. The first-order chi connectivity index (χ1) is 4.72. The zero-order valence-corrected chi connectivity index (χ0v) is 6.73. The Bertz CT molecular complexity index is 103. The zero-order chi connectivity index (χ0) is 7.56. The minimum Gasteiger partial charge on any atom is -0.316 e. The van der Waals surface area contributed by atoms with Gasteiger partial charge in [-0.3, -0.25) is 0 Å². The Balaban J connectivity index is 2.40. The molecule has 2 heteroatoms. The van der Waals surface area contributed by atoms with Gasteiger partial charge in [-0.1, -0.05) is 13.8 Å². The molecule has 1 aliphatic rings. The molecule has 1 aliphatic heterocycles. The van der Waals surface area contributed by atoms with Gasteiger partial charge in [0, 0.05) is 12.5 Å². The summed E-state index contributed by atoms with van der Waals surface area (Å²) in [4.78, 5) is 0. The van der Waals surface area contributed by atoms with Crippen LogP contribution in [0.2, 0.25) is 0 Å². The van der Waals surface area contributed by atoms with Crippen molar-refractivity contribution in [2.75, 3.05) is 13.1 Å². The monoisotopic (exact) mass is 145 g/mol. The van der Waals surface area contributed by atoms with E-state index in [1.165, 1.54) is 0 Å². The summed E-state index contributed by atoms with van der Waals surface area (Å²) in [6, 6.07) is 0. The lowest BCUT2D eigenvalue weighted by atomic mass is 9.87. The van der Waals surface area contributed by atoms with E-state index < -0.39 is 6.17 Å². The minimum atomic E-state index is -0.568. The van der Waals surface area contributed by atoms with Crippen molar-refractivity contribution in [2.24, 2.45) is 11.8 Å². The maximum absolute atomic E-state index is 13.1. The highest BCUT2D eigenvalue weighted by Gasteiger charge is 2.26. The molecule has 0 saturated carbocycles. The number of alkyl halides is 1. The molecule has 0 amide bonds. The van der Waals surface area contributed by atoms with Gasteiger partial charge in [-0.2, -0.15) is 0 Å². The number of hydrogen-bond acceptors (Lipinski definition) is 1. The number of hydrogen-bond donors (Lipinski definition) is 1. The predicted octanol–water partition coefficient (Wildman–Crippen LogP) is 1.59. The van der Waals surface area contributed by atoms with Crippen LogP contribution in [0.25, 0.3) is 0 Å². The third-order valence-electron chi connectivity index (χ3n) is 2.30. The standard InChI is InChI=1S/C8H16FN/c1-6(2)7-5-10-4-3-8(7)9/h6-8,10H,3-5H2,1-2H3. The van der Waals surface area contributed by atoms with Crippen molar-refractivity contribution in [3.05, 3.63) is 0 Å².